The molecule has 2 rings (SSSR count). The predicted octanol–water partition coefficient (Wildman–Crippen LogP) is 5.45. The maximum atomic E-state index is 14.1. The number of benzene rings is 1. The van der Waals surface area contributed by atoms with Crippen LogP contribution in [0.25, 0.3) is 0 Å². The molecule has 37 heavy (non-hydrogen) atoms. The Morgan fingerprint density at radius 2 is 1.81 bits per heavy atom. The van der Waals surface area contributed by atoms with Crippen LogP contribution in [0.2, 0.25) is 0 Å². The van der Waals surface area contributed by atoms with Crippen LogP contribution in [0.5, 0.6) is 5.75 Å². The zero-order valence-electron chi connectivity index (χ0n) is 23.5. The van der Waals surface area contributed by atoms with Crippen LogP contribution in [0.3, 0.4) is 0 Å². The first-order valence-electron chi connectivity index (χ1n) is 13.8. The highest BCUT2D eigenvalue weighted by Crippen LogP contribution is 2.28. The van der Waals surface area contributed by atoms with Crippen LogP contribution < -0.4 is 10.6 Å². The molecule has 1 aliphatic carbocycles. The molecule has 0 aliphatic heterocycles. The van der Waals surface area contributed by atoms with E-state index in [9.17, 15) is 19.5 Å². The molecule has 1 aromatic carbocycles. The van der Waals surface area contributed by atoms with E-state index in [4.69, 9.17) is 4.74 Å². The van der Waals surface area contributed by atoms with Crippen molar-refractivity contribution in [3.63, 3.8) is 0 Å². The predicted molar refractivity (Wildman–Crippen MR) is 145 cm³/mol. The number of amides is 3. The first-order valence-corrected chi connectivity index (χ1v) is 13.8. The molecule has 0 aromatic heterocycles. The Hall–Kier alpha value is -2.77. The Morgan fingerprint density at radius 3 is 2.38 bits per heavy atom. The van der Waals surface area contributed by atoms with Crippen molar-refractivity contribution in [2.24, 2.45) is 5.92 Å². The van der Waals surface area contributed by atoms with Gasteiger partial charge in [-0.25, -0.2) is 4.79 Å². The molecule has 2 unspecified atom stereocenters. The van der Waals surface area contributed by atoms with Gasteiger partial charge in [0.15, 0.2) is 0 Å². The summed E-state index contributed by atoms with van der Waals surface area (Å²) in [6.45, 7) is 11.6. The third-order valence-electron chi connectivity index (χ3n) is 6.43. The summed E-state index contributed by atoms with van der Waals surface area (Å²) in [5.41, 5.74) is -0.167. The van der Waals surface area contributed by atoms with Gasteiger partial charge in [-0.05, 0) is 70.1 Å². The molecule has 3 amide bonds. The molecule has 0 bridgehead atoms. The van der Waals surface area contributed by atoms with Gasteiger partial charge in [0, 0.05) is 12.6 Å². The largest absolute Gasteiger partial charge is 0.508 e. The van der Waals surface area contributed by atoms with Gasteiger partial charge in [-0.1, -0.05) is 58.6 Å². The number of carbonyl (C=O) groups excluding carboxylic acids is 3. The van der Waals surface area contributed by atoms with E-state index in [0.717, 1.165) is 38.5 Å². The van der Waals surface area contributed by atoms with Gasteiger partial charge in [-0.3, -0.25) is 9.59 Å². The van der Waals surface area contributed by atoms with Crippen LogP contribution in [0.4, 0.5) is 4.79 Å². The lowest BCUT2D eigenvalue weighted by molar-refractivity contribution is -0.143. The van der Waals surface area contributed by atoms with E-state index in [1.165, 1.54) is 6.07 Å². The molecule has 1 aromatic rings. The number of nitrogens with zero attached hydrogens (tertiary/aromatic N) is 1. The number of ether oxygens (including phenoxy) is 1. The molecule has 8 nitrogen and oxygen atoms in total. The summed E-state index contributed by atoms with van der Waals surface area (Å²) in [7, 11) is 0. The zero-order chi connectivity index (χ0) is 27.6. The summed E-state index contributed by atoms with van der Waals surface area (Å²) in [5.74, 6) is -0.448. The minimum Gasteiger partial charge on any atom is -0.508 e. The zero-order valence-corrected chi connectivity index (χ0v) is 23.5. The molecule has 8 heteroatoms. The average Bonchev–Trinajstić information content (AvgIpc) is 2.80. The van der Waals surface area contributed by atoms with Gasteiger partial charge in [0.25, 0.3) is 0 Å². The number of hydrogen-bond donors (Lipinski definition) is 3. The normalized spacial score (nSPS) is 16.1. The molecule has 1 saturated carbocycles. The van der Waals surface area contributed by atoms with Gasteiger partial charge in [-0.2, -0.15) is 0 Å². The Labute approximate surface area is 222 Å². The van der Waals surface area contributed by atoms with Gasteiger partial charge in [0.2, 0.25) is 11.8 Å². The lowest BCUT2D eigenvalue weighted by Crippen LogP contribution is -2.54. The SMILES string of the molecule is CCCCN(C(=O)C(CC(C)C)NC(=O)OC(C)(C)C)C(C(=O)NC1CCCCC1)c1cccc(O)c1. The number of aromatic hydroxyl groups is 1. The quantitative estimate of drug-likeness (QED) is 0.362. The Morgan fingerprint density at radius 1 is 1.14 bits per heavy atom. The summed E-state index contributed by atoms with van der Waals surface area (Å²) in [6, 6.07) is 4.81. The molecule has 2 atom stereocenters. The Bertz CT molecular complexity index is 890. The van der Waals surface area contributed by atoms with E-state index >= 15 is 0 Å². The van der Waals surface area contributed by atoms with Gasteiger partial charge < -0.3 is 25.4 Å². The van der Waals surface area contributed by atoms with E-state index in [-0.39, 0.29) is 29.5 Å². The topological polar surface area (TPSA) is 108 Å². The first-order chi connectivity index (χ1) is 17.4. The molecule has 208 valence electrons. The van der Waals surface area contributed by atoms with Gasteiger partial charge in [-0.15, -0.1) is 0 Å². The molecular formula is C29H47N3O5. The highest BCUT2D eigenvalue weighted by Gasteiger charge is 2.37. The molecule has 1 fully saturated rings. The summed E-state index contributed by atoms with van der Waals surface area (Å²) in [4.78, 5) is 42.1. The minimum atomic E-state index is -0.928. The van der Waals surface area contributed by atoms with Crippen molar-refractivity contribution >= 4 is 17.9 Å². The van der Waals surface area contributed by atoms with Crippen molar-refractivity contribution in [3.05, 3.63) is 29.8 Å². The van der Waals surface area contributed by atoms with Crippen molar-refractivity contribution < 1.29 is 24.2 Å². The Balaban J connectivity index is 2.44. The Kier molecular flexibility index (Phi) is 11.7. The molecule has 0 radical (unpaired) electrons. The number of nitrogens with one attached hydrogen (secondary N) is 2. The van der Waals surface area contributed by atoms with Gasteiger partial charge in [0.1, 0.15) is 23.4 Å². The van der Waals surface area contributed by atoms with Crippen molar-refractivity contribution in [1.82, 2.24) is 15.5 Å². The van der Waals surface area contributed by atoms with E-state index in [1.54, 1.807) is 43.9 Å². The number of phenols is 1. The molecule has 3 N–H and O–H groups in total. The highest BCUT2D eigenvalue weighted by atomic mass is 16.6. The van der Waals surface area contributed by atoms with Crippen LogP contribution in [0.15, 0.2) is 24.3 Å². The van der Waals surface area contributed by atoms with E-state index in [2.05, 4.69) is 10.6 Å². The van der Waals surface area contributed by atoms with Crippen LogP contribution >= 0.6 is 0 Å². The van der Waals surface area contributed by atoms with E-state index in [0.29, 0.717) is 24.9 Å². The maximum absolute atomic E-state index is 14.1. The molecule has 1 aliphatic rings. The van der Waals surface area contributed by atoms with Crippen LogP contribution in [-0.2, 0) is 14.3 Å². The van der Waals surface area contributed by atoms with E-state index in [1.807, 2.05) is 20.8 Å². The molecular weight excluding hydrogens is 470 g/mol. The van der Waals surface area contributed by atoms with Crippen LogP contribution in [-0.4, -0.2) is 52.1 Å². The third kappa shape index (κ3) is 10.3. The second kappa shape index (κ2) is 14.2. The van der Waals surface area contributed by atoms with E-state index < -0.39 is 23.8 Å². The first kappa shape index (κ1) is 30.5. The maximum Gasteiger partial charge on any atom is 0.408 e. The number of rotatable bonds is 11. The second-order valence-corrected chi connectivity index (χ2v) is 11.6. The molecule has 0 spiro atoms. The second-order valence-electron chi connectivity index (χ2n) is 11.6. The standard InChI is InChI=1S/C29H47N3O5/c1-7-8-17-32(27(35)24(18-20(2)3)31-28(36)37-29(4,5)6)25(21-13-12-16-23(33)19-21)26(34)30-22-14-10-9-11-15-22/h12-13,16,19-20,22,24-25,33H,7-11,14-15,17-18H2,1-6H3,(H,30,34)(H,31,36). The summed E-state index contributed by atoms with van der Waals surface area (Å²) in [6.07, 6.45) is 6.38. The van der Waals surface area contributed by atoms with Gasteiger partial charge >= 0.3 is 6.09 Å². The lowest BCUT2D eigenvalue weighted by atomic mass is 9.94. The highest BCUT2D eigenvalue weighted by molar-refractivity contribution is 5.92. The minimum absolute atomic E-state index is 0.0291. The monoisotopic (exact) mass is 517 g/mol. The fourth-order valence-electron chi connectivity index (χ4n) is 4.73. The average molecular weight is 518 g/mol. The van der Waals surface area contributed by atoms with Crippen LogP contribution in [0.1, 0.15) is 105 Å². The summed E-state index contributed by atoms with van der Waals surface area (Å²) < 4.78 is 5.44. The fourth-order valence-corrected chi connectivity index (χ4v) is 4.73. The summed E-state index contributed by atoms with van der Waals surface area (Å²) >= 11 is 0. The fraction of sp³-hybridized carbons (Fsp3) is 0.690. The van der Waals surface area contributed by atoms with Crippen molar-refractivity contribution in [2.45, 2.75) is 117 Å². The number of carbonyl (C=O) groups is 3. The number of phenolic OH excluding ortho intramolecular Hbond substituents is 1. The number of hydrogen-bond acceptors (Lipinski definition) is 5. The molecule has 0 heterocycles. The molecule has 0 saturated heterocycles. The smallest absolute Gasteiger partial charge is 0.408 e. The van der Waals surface area contributed by atoms with Crippen molar-refractivity contribution in [2.75, 3.05) is 6.54 Å². The number of alkyl carbamates (subject to hydrolysis) is 1. The van der Waals surface area contributed by atoms with Gasteiger partial charge in [0.05, 0.1) is 0 Å². The van der Waals surface area contributed by atoms with Crippen molar-refractivity contribution in [1.29, 1.82) is 0 Å². The number of unbranched alkanes of at least 4 members (excludes halogenated alkanes) is 1. The summed E-state index contributed by atoms with van der Waals surface area (Å²) in [5, 5.41) is 16.1. The lowest BCUT2D eigenvalue weighted by Gasteiger charge is -2.36. The van der Waals surface area contributed by atoms with Crippen molar-refractivity contribution in [3.8, 4) is 5.75 Å². The third-order valence-corrected chi connectivity index (χ3v) is 6.43. The van der Waals surface area contributed by atoms with Crippen LogP contribution in [0, 0.1) is 5.92 Å².